The molecule has 0 atom stereocenters. The number of halogens is 1. The Kier molecular flexibility index (Phi) is 4.32. The van der Waals surface area contributed by atoms with Gasteiger partial charge in [-0.25, -0.2) is 8.42 Å². The summed E-state index contributed by atoms with van der Waals surface area (Å²) in [4.78, 5) is 14.9. The number of aromatic amines is 1. The van der Waals surface area contributed by atoms with E-state index in [1.54, 1.807) is 18.2 Å². The van der Waals surface area contributed by atoms with Crippen molar-refractivity contribution in [2.24, 2.45) is 10.2 Å². The molecule has 0 fully saturated rings. The molecule has 0 unspecified atom stereocenters. The monoisotopic (exact) mass is 377 g/mol. The standard InChI is InChI=1S/C16H12ClN3O4S/c1-25(23,24)11-5-2-9(3-6-11)15(21)20-19-14-12-8-10(17)4-7-13(12)18-16(14)22/h2-8,18,22H,1H3. The Morgan fingerprint density at radius 1 is 1.16 bits per heavy atom. The van der Waals surface area contributed by atoms with Gasteiger partial charge in [-0.2, -0.15) is 0 Å². The van der Waals surface area contributed by atoms with Gasteiger partial charge in [0.05, 0.1) is 10.4 Å². The molecule has 2 aromatic carbocycles. The van der Waals surface area contributed by atoms with Gasteiger partial charge in [-0.1, -0.05) is 11.6 Å². The van der Waals surface area contributed by atoms with Crippen LogP contribution in [0, 0.1) is 0 Å². The van der Waals surface area contributed by atoms with Crippen molar-refractivity contribution in [2.45, 2.75) is 4.90 Å². The van der Waals surface area contributed by atoms with Crippen LogP contribution in [0.5, 0.6) is 5.88 Å². The van der Waals surface area contributed by atoms with Crippen molar-refractivity contribution in [3.8, 4) is 5.88 Å². The molecular formula is C16H12ClN3O4S. The fourth-order valence-electron chi connectivity index (χ4n) is 2.23. The van der Waals surface area contributed by atoms with Crippen LogP contribution in [0.2, 0.25) is 5.02 Å². The van der Waals surface area contributed by atoms with Gasteiger partial charge in [0.25, 0.3) is 5.91 Å². The number of amides is 1. The molecule has 9 heteroatoms. The number of aromatic hydroxyl groups is 1. The maximum Gasteiger partial charge on any atom is 0.295 e. The van der Waals surface area contributed by atoms with Gasteiger partial charge in [-0.05, 0) is 42.5 Å². The molecule has 128 valence electrons. The molecule has 25 heavy (non-hydrogen) atoms. The summed E-state index contributed by atoms with van der Waals surface area (Å²) in [6, 6.07) is 10.2. The summed E-state index contributed by atoms with van der Waals surface area (Å²) in [6.07, 6.45) is 1.08. The molecule has 0 saturated carbocycles. The van der Waals surface area contributed by atoms with Crippen LogP contribution in [0.4, 0.5) is 5.69 Å². The van der Waals surface area contributed by atoms with E-state index >= 15 is 0 Å². The topological polar surface area (TPSA) is 112 Å². The molecular weight excluding hydrogens is 366 g/mol. The lowest BCUT2D eigenvalue weighted by Crippen LogP contribution is -1.99. The van der Waals surface area contributed by atoms with Gasteiger partial charge in [0.15, 0.2) is 15.5 Å². The average molecular weight is 378 g/mol. The van der Waals surface area contributed by atoms with Gasteiger partial charge >= 0.3 is 0 Å². The molecule has 0 aliphatic rings. The van der Waals surface area contributed by atoms with Crippen molar-refractivity contribution in [1.29, 1.82) is 0 Å². The maximum absolute atomic E-state index is 12.1. The number of aromatic nitrogens is 1. The summed E-state index contributed by atoms with van der Waals surface area (Å²) in [7, 11) is -3.34. The second-order valence-corrected chi connectivity index (χ2v) is 7.77. The van der Waals surface area contributed by atoms with E-state index in [4.69, 9.17) is 11.6 Å². The fourth-order valence-corrected chi connectivity index (χ4v) is 3.04. The molecule has 1 heterocycles. The minimum Gasteiger partial charge on any atom is -0.493 e. The largest absolute Gasteiger partial charge is 0.493 e. The Balaban J connectivity index is 1.91. The number of sulfone groups is 1. The second kappa shape index (κ2) is 6.30. The predicted octanol–water partition coefficient (Wildman–Crippen LogP) is 3.85. The summed E-state index contributed by atoms with van der Waals surface area (Å²) in [5, 5.41) is 18.3. The number of carbonyl (C=O) groups excluding carboxylic acids is 1. The second-order valence-electron chi connectivity index (χ2n) is 5.31. The number of hydrogen-bond donors (Lipinski definition) is 2. The number of nitrogens with one attached hydrogen (secondary N) is 1. The van der Waals surface area contributed by atoms with Gasteiger partial charge < -0.3 is 10.1 Å². The van der Waals surface area contributed by atoms with E-state index in [1.807, 2.05) is 0 Å². The third-order valence-corrected chi connectivity index (χ3v) is 4.85. The van der Waals surface area contributed by atoms with E-state index in [9.17, 15) is 18.3 Å². The van der Waals surface area contributed by atoms with Crippen LogP contribution in [0.25, 0.3) is 10.9 Å². The lowest BCUT2D eigenvalue weighted by atomic mass is 10.2. The summed E-state index contributed by atoms with van der Waals surface area (Å²) >= 11 is 5.93. The Morgan fingerprint density at radius 3 is 2.48 bits per heavy atom. The van der Waals surface area contributed by atoms with Crippen LogP contribution in [-0.2, 0) is 9.84 Å². The van der Waals surface area contributed by atoms with Crippen LogP contribution in [0.15, 0.2) is 57.6 Å². The van der Waals surface area contributed by atoms with Crippen molar-refractivity contribution in [2.75, 3.05) is 6.26 Å². The number of fused-ring (bicyclic) bond motifs is 1. The lowest BCUT2D eigenvalue weighted by Gasteiger charge is -1.99. The Labute approximate surface area is 147 Å². The highest BCUT2D eigenvalue weighted by atomic mass is 35.5. The number of hydrogen-bond acceptors (Lipinski definition) is 5. The Hall–Kier alpha value is -2.71. The molecule has 2 N–H and O–H groups in total. The van der Waals surface area contributed by atoms with Gasteiger partial charge in [0.2, 0.25) is 5.88 Å². The zero-order valence-corrected chi connectivity index (χ0v) is 14.5. The molecule has 0 saturated heterocycles. The first-order valence-electron chi connectivity index (χ1n) is 7.02. The first-order valence-corrected chi connectivity index (χ1v) is 9.29. The number of benzene rings is 2. The summed E-state index contributed by atoms with van der Waals surface area (Å²) in [5.41, 5.74) is 0.868. The smallest absolute Gasteiger partial charge is 0.295 e. The van der Waals surface area contributed by atoms with E-state index in [-0.39, 0.29) is 22.0 Å². The minimum atomic E-state index is -3.34. The van der Waals surface area contributed by atoms with Crippen LogP contribution in [-0.4, -0.2) is 30.7 Å². The van der Waals surface area contributed by atoms with E-state index in [2.05, 4.69) is 15.2 Å². The lowest BCUT2D eigenvalue weighted by molar-refractivity contribution is 0.0995. The first kappa shape index (κ1) is 17.1. The van der Waals surface area contributed by atoms with E-state index < -0.39 is 15.7 Å². The van der Waals surface area contributed by atoms with Crippen LogP contribution in [0.1, 0.15) is 10.4 Å². The van der Waals surface area contributed by atoms with Crippen LogP contribution in [0.3, 0.4) is 0 Å². The van der Waals surface area contributed by atoms with Crippen LogP contribution >= 0.6 is 11.6 Å². The SMILES string of the molecule is CS(=O)(=O)c1ccc(C(=O)N=Nc2c(O)[nH]c3ccc(Cl)cc23)cc1. The zero-order chi connectivity index (χ0) is 18.2. The normalized spacial score (nSPS) is 12.1. The van der Waals surface area contributed by atoms with Crippen LogP contribution < -0.4 is 0 Å². The molecule has 3 rings (SSSR count). The number of azo groups is 1. The molecule has 0 spiro atoms. The van der Waals surface area contributed by atoms with Crippen molar-refractivity contribution >= 4 is 43.9 Å². The molecule has 3 aromatic rings. The van der Waals surface area contributed by atoms with Crippen molar-refractivity contribution in [3.63, 3.8) is 0 Å². The average Bonchev–Trinajstić information content (AvgIpc) is 2.86. The maximum atomic E-state index is 12.1. The van der Waals surface area contributed by atoms with Gasteiger partial charge in [-0.15, -0.1) is 10.2 Å². The third kappa shape index (κ3) is 3.54. The first-order chi connectivity index (χ1) is 11.8. The molecule has 0 radical (unpaired) electrons. The zero-order valence-electron chi connectivity index (χ0n) is 12.9. The molecule has 1 aromatic heterocycles. The summed E-state index contributed by atoms with van der Waals surface area (Å²) in [6.45, 7) is 0. The quantitative estimate of drug-likeness (QED) is 0.675. The Morgan fingerprint density at radius 2 is 1.84 bits per heavy atom. The number of carbonyl (C=O) groups is 1. The van der Waals surface area contributed by atoms with Gasteiger partial charge in [0.1, 0.15) is 0 Å². The highest BCUT2D eigenvalue weighted by Crippen LogP contribution is 2.36. The van der Waals surface area contributed by atoms with E-state index in [1.165, 1.54) is 24.3 Å². The molecule has 0 aliphatic heterocycles. The van der Waals surface area contributed by atoms with Crippen molar-refractivity contribution in [1.82, 2.24) is 4.98 Å². The number of rotatable bonds is 3. The number of nitrogens with zero attached hydrogens (tertiary/aromatic N) is 2. The Bertz CT molecular complexity index is 1100. The van der Waals surface area contributed by atoms with E-state index in [0.29, 0.717) is 15.9 Å². The fraction of sp³-hybridized carbons (Fsp3) is 0.0625. The molecule has 0 bridgehead atoms. The van der Waals surface area contributed by atoms with Gasteiger partial charge in [0, 0.05) is 22.2 Å². The number of H-pyrrole nitrogens is 1. The summed E-state index contributed by atoms with van der Waals surface area (Å²) in [5.74, 6) is -0.905. The predicted molar refractivity (Wildman–Crippen MR) is 93.4 cm³/mol. The molecule has 7 nitrogen and oxygen atoms in total. The van der Waals surface area contributed by atoms with Crippen molar-refractivity contribution < 1.29 is 18.3 Å². The molecule has 1 amide bonds. The molecule has 0 aliphatic carbocycles. The van der Waals surface area contributed by atoms with Gasteiger partial charge in [-0.3, -0.25) is 4.79 Å². The minimum absolute atomic E-state index is 0.0959. The highest BCUT2D eigenvalue weighted by Gasteiger charge is 2.13. The third-order valence-electron chi connectivity index (χ3n) is 3.48. The summed E-state index contributed by atoms with van der Waals surface area (Å²) < 4.78 is 22.8. The highest BCUT2D eigenvalue weighted by molar-refractivity contribution is 7.90. The van der Waals surface area contributed by atoms with Crippen molar-refractivity contribution in [3.05, 3.63) is 53.1 Å². The van der Waals surface area contributed by atoms with E-state index in [0.717, 1.165) is 6.26 Å².